The van der Waals surface area contributed by atoms with Crippen molar-refractivity contribution < 1.29 is 56.4 Å². The van der Waals surface area contributed by atoms with Crippen LogP contribution in [0.1, 0.15) is 20.8 Å². The molecule has 1 aliphatic heterocycles. The van der Waals surface area contributed by atoms with E-state index in [0.29, 0.717) is 0 Å². The highest BCUT2D eigenvalue weighted by Gasteiger charge is 2.52. The fourth-order valence-corrected chi connectivity index (χ4v) is 2.31. The maximum absolute atomic E-state index is 12.5. The molecule has 0 aromatic rings. The molecule has 0 aliphatic carbocycles. The van der Waals surface area contributed by atoms with Crippen molar-refractivity contribution in [2.24, 2.45) is 0 Å². The molecule has 154 valence electrons. The molecule has 5 atom stereocenters. The van der Waals surface area contributed by atoms with Gasteiger partial charge in [-0.3, -0.25) is 19.2 Å². The summed E-state index contributed by atoms with van der Waals surface area (Å²) >= 11 is 0. The van der Waals surface area contributed by atoms with Gasteiger partial charge in [0.15, 0.2) is 18.5 Å². The Balaban J connectivity index is 3.18. The molecule has 1 aliphatic rings. The van der Waals surface area contributed by atoms with Gasteiger partial charge in [0.1, 0.15) is 18.8 Å². The molecule has 1 fully saturated rings. The second-order valence-electron chi connectivity index (χ2n) is 5.51. The fraction of sp³-hybridized carbons (Fsp3) is 0.714. The first-order valence-corrected chi connectivity index (χ1v) is 7.52. The molecule has 13 heteroatoms. The predicted molar refractivity (Wildman–Crippen MR) is 76.6 cm³/mol. The summed E-state index contributed by atoms with van der Waals surface area (Å²) in [6, 6.07) is -1.92. The number of esters is 3. The molecule has 0 radical (unpaired) electrons. The summed E-state index contributed by atoms with van der Waals surface area (Å²) in [4.78, 5) is 44.9. The summed E-state index contributed by atoms with van der Waals surface area (Å²) in [6.07, 6.45) is -12.1. The SMILES string of the molecule is CC(=O)OCC1OC(O)C(NC(=O)C(F)(F)F)[C@@H](OC(C)=O)[C@@H]1OC(C)=O. The van der Waals surface area contributed by atoms with Gasteiger partial charge >= 0.3 is 30.0 Å². The number of amides is 1. The van der Waals surface area contributed by atoms with Crippen molar-refractivity contribution in [2.45, 2.75) is 57.6 Å². The third kappa shape index (κ3) is 6.67. The summed E-state index contributed by atoms with van der Waals surface area (Å²) < 4.78 is 57.1. The number of aliphatic hydroxyl groups is 1. The molecule has 1 heterocycles. The zero-order chi connectivity index (χ0) is 20.9. The first-order chi connectivity index (χ1) is 12.3. The number of carbonyl (C=O) groups is 4. The molecular formula is C14H18F3NO9. The lowest BCUT2D eigenvalue weighted by Crippen LogP contribution is -2.67. The Bertz CT molecular complexity index is 595. The van der Waals surface area contributed by atoms with E-state index in [4.69, 9.17) is 18.9 Å². The minimum Gasteiger partial charge on any atom is -0.463 e. The van der Waals surface area contributed by atoms with Crippen molar-refractivity contribution in [2.75, 3.05) is 6.61 Å². The van der Waals surface area contributed by atoms with E-state index >= 15 is 0 Å². The minimum absolute atomic E-state index is 0.567. The maximum atomic E-state index is 12.5. The number of alkyl halides is 3. The largest absolute Gasteiger partial charge is 0.471 e. The summed E-state index contributed by atoms with van der Waals surface area (Å²) in [5, 5.41) is 11.4. The van der Waals surface area contributed by atoms with Crippen LogP contribution in [0.25, 0.3) is 0 Å². The van der Waals surface area contributed by atoms with Crippen LogP contribution in [0.5, 0.6) is 0 Å². The number of halogens is 3. The quantitative estimate of drug-likeness (QED) is 0.447. The Morgan fingerprint density at radius 2 is 1.52 bits per heavy atom. The molecular weight excluding hydrogens is 383 g/mol. The molecule has 2 N–H and O–H groups in total. The second-order valence-corrected chi connectivity index (χ2v) is 5.51. The first-order valence-electron chi connectivity index (χ1n) is 7.52. The van der Waals surface area contributed by atoms with Crippen LogP contribution in [0, 0.1) is 0 Å². The van der Waals surface area contributed by atoms with Gasteiger partial charge in [-0.1, -0.05) is 0 Å². The van der Waals surface area contributed by atoms with Gasteiger partial charge in [-0.25, -0.2) is 0 Å². The van der Waals surface area contributed by atoms with E-state index in [2.05, 4.69) is 0 Å². The van der Waals surface area contributed by atoms with Crippen LogP contribution in [0.3, 0.4) is 0 Å². The Morgan fingerprint density at radius 3 is 1.96 bits per heavy atom. The van der Waals surface area contributed by atoms with Gasteiger partial charge in [0.25, 0.3) is 0 Å². The van der Waals surface area contributed by atoms with E-state index in [9.17, 15) is 37.5 Å². The number of hydrogen-bond donors (Lipinski definition) is 2. The topological polar surface area (TPSA) is 137 Å². The monoisotopic (exact) mass is 401 g/mol. The molecule has 10 nitrogen and oxygen atoms in total. The molecule has 27 heavy (non-hydrogen) atoms. The highest BCUT2D eigenvalue weighted by molar-refractivity contribution is 5.82. The Kier molecular flexibility index (Phi) is 7.54. The average Bonchev–Trinajstić information content (AvgIpc) is 2.49. The van der Waals surface area contributed by atoms with E-state index in [-0.39, 0.29) is 0 Å². The molecule has 1 rings (SSSR count). The number of rotatable bonds is 5. The molecule has 1 amide bonds. The zero-order valence-corrected chi connectivity index (χ0v) is 14.4. The van der Waals surface area contributed by atoms with Crippen LogP contribution < -0.4 is 5.32 Å². The lowest BCUT2D eigenvalue weighted by molar-refractivity contribution is -0.266. The van der Waals surface area contributed by atoms with Gasteiger partial charge in [0, 0.05) is 20.8 Å². The number of nitrogens with one attached hydrogen (secondary N) is 1. The van der Waals surface area contributed by atoms with Gasteiger partial charge in [-0.05, 0) is 0 Å². The molecule has 0 bridgehead atoms. The molecule has 3 unspecified atom stereocenters. The highest BCUT2D eigenvalue weighted by atomic mass is 19.4. The predicted octanol–water partition coefficient (Wildman–Crippen LogP) is -0.823. The summed E-state index contributed by atoms with van der Waals surface area (Å²) in [7, 11) is 0. The van der Waals surface area contributed by atoms with Gasteiger partial charge in [-0.15, -0.1) is 0 Å². The van der Waals surface area contributed by atoms with E-state index in [1.54, 1.807) is 0 Å². The van der Waals surface area contributed by atoms with Crippen molar-refractivity contribution in [1.82, 2.24) is 5.32 Å². The second kappa shape index (κ2) is 8.99. The summed E-state index contributed by atoms with van der Waals surface area (Å²) in [5.41, 5.74) is 0. The van der Waals surface area contributed by atoms with Crippen molar-refractivity contribution in [3.8, 4) is 0 Å². The van der Waals surface area contributed by atoms with E-state index in [1.807, 2.05) is 0 Å². The van der Waals surface area contributed by atoms with Crippen molar-refractivity contribution in [3.05, 3.63) is 0 Å². The van der Waals surface area contributed by atoms with Crippen LogP contribution in [0.2, 0.25) is 0 Å². The first kappa shape index (κ1) is 22.6. The van der Waals surface area contributed by atoms with Gasteiger partial charge in [0.05, 0.1) is 0 Å². The van der Waals surface area contributed by atoms with E-state index in [0.717, 1.165) is 20.8 Å². The van der Waals surface area contributed by atoms with Crippen molar-refractivity contribution in [3.63, 3.8) is 0 Å². The number of hydrogen-bond acceptors (Lipinski definition) is 9. The highest BCUT2D eigenvalue weighted by Crippen LogP contribution is 2.27. The third-order valence-corrected chi connectivity index (χ3v) is 3.28. The Morgan fingerprint density at radius 1 is 1.00 bits per heavy atom. The number of carbonyl (C=O) groups excluding carboxylic acids is 4. The molecule has 1 saturated heterocycles. The minimum atomic E-state index is -5.30. The summed E-state index contributed by atoms with van der Waals surface area (Å²) in [5.74, 6) is -5.12. The van der Waals surface area contributed by atoms with Crippen molar-refractivity contribution >= 4 is 23.8 Å². The van der Waals surface area contributed by atoms with Gasteiger partial charge in [-0.2, -0.15) is 13.2 Å². The maximum Gasteiger partial charge on any atom is 0.471 e. The van der Waals surface area contributed by atoms with Crippen LogP contribution >= 0.6 is 0 Å². The normalized spacial score (nSPS) is 28.0. The standard InChI is InChI=1S/C14H18F3NO9/c1-5(19)24-4-8-10(25-6(2)20)11(26-7(3)21)9(12(22)27-8)18-13(23)14(15,16)17/h8-12,22H,4H2,1-3H3,(H,18,23)/t8?,9?,10-,11-,12?/m1/s1. The van der Waals surface area contributed by atoms with Crippen LogP contribution in [-0.4, -0.2) is 72.3 Å². The Labute approximate surface area is 150 Å². The Hall–Kier alpha value is -2.41. The summed E-state index contributed by atoms with van der Waals surface area (Å²) in [6.45, 7) is 2.36. The lowest BCUT2D eigenvalue weighted by Gasteiger charge is -2.43. The lowest BCUT2D eigenvalue weighted by atomic mass is 9.96. The van der Waals surface area contributed by atoms with Crippen LogP contribution in [-0.2, 0) is 38.1 Å². The molecule has 0 aromatic carbocycles. The molecule has 0 saturated carbocycles. The molecule has 0 spiro atoms. The van der Waals surface area contributed by atoms with Crippen LogP contribution in [0.15, 0.2) is 0 Å². The molecule has 0 aromatic heterocycles. The van der Waals surface area contributed by atoms with Crippen molar-refractivity contribution in [1.29, 1.82) is 0 Å². The van der Waals surface area contributed by atoms with Gasteiger partial charge < -0.3 is 29.4 Å². The van der Waals surface area contributed by atoms with E-state index in [1.165, 1.54) is 5.32 Å². The van der Waals surface area contributed by atoms with E-state index < -0.39 is 67.2 Å². The van der Waals surface area contributed by atoms with Gasteiger partial charge in [0.2, 0.25) is 0 Å². The third-order valence-electron chi connectivity index (χ3n) is 3.28. The zero-order valence-electron chi connectivity index (χ0n) is 14.4. The smallest absolute Gasteiger partial charge is 0.463 e. The average molecular weight is 401 g/mol. The number of ether oxygens (including phenoxy) is 4. The fourth-order valence-electron chi connectivity index (χ4n) is 2.31. The number of aliphatic hydroxyl groups excluding tert-OH is 1. The van der Waals surface area contributed by atoms with Crippen LogP contribution in [0.4, 0.5) is 13.2 Å².